The lowest BCUT2D eigenvalue weighted by atomic mass is 9.89. The molecule has 0 aliphatic heterocycles. The number of carbonyl (C=O) groups is 1. The van der Waals surface area contributed by atoms with Crippen molar-refractivity contribution in [3.05, 3.63) is 124 Å². The van der Waals surface area contributed by atoms with Crippen LogP contribution in [0.1, 0.15) is 48.1 Å². The average Bonchev–Trinajstić information content (AvgIpc) is 3.66. The van der Waals surface area contributed by atoms with E-state index in [4.69, 9.17) is 0 Å². The molecule has 1 amide bonds. The van der Waals surface area contributed by atoms with E-state index in [0.29, 0.717) is 35.8 Å². The summed E-state index contributed by atoms with van der Waals surface area (Å²) in [5.74, 6) is 0. The smallest absolute Gasteiger partial charge is 0.416 e. The highest BCUT2D eigenvalue weighted by Gasteiger charge is 2.35. The van der Waals surface area contributed by atoms with Crippen molar-refractivity contribution in [3.63, 3.8) is 0 Å². The molecular formula is C37H37BrF3N7O2. The zero-order chi connectivity index (χ0) is 34.9. The summed E-state index contributed by atoms with van der Waals surface area (Å²) in [5, 5.41) is 16.7. The SMILES string of the molecule is Cc1c(-c2ccnn2-c2ccc(C#N)cc2)n(C(=O)NC2CCC([N+](C)(C)Cc3ccccc3)CC2)c(=O)n1-c1cccc(C(F)(F)F)c1.[Br-]. The molecule has 2 heterocycles. The van der Waals surface area contributed by atoms with Gasteiger partial charge in [-0.25, -0.2) is 18.8 Å². The quantitative estimate of drug-likeness (QED) is 0.256. The predicted octanol–water partition coefficient (Wildman–Crippen LogP) is 3.84. The third-order valence-electron chi connectivity index (χ3n) is 9.49. The molecule has 2 aromatic heterocycles. The minimum absolute atomic E-state index is 0. The molecule has 0 atom stereocenters. The van der Waals surface area contributed by atoms with E-state index in [1.165, 1.54) is 28.6 Å². The molecular weight excluding hydrogens is 711 g/mol. The molecule has 5 aromatic rings. The van der Waals surface area contributed by atoms with Crippen LogP contribution >= 0.6 is 0 Å². The maximum atomic E-state index is 14.2. The molecule has 1 saturated carbocycles. The molecule has 0 unspecified atom stereocenters. The Hall–Kier alpha value is -4.93. The first-order valence-electron chi connectivity index (χ1n) is 16.1. The second-order valence-electron chi connectivity index (χ2n) is 13.1. The molecule has 13 heteroatoms. The van der Waals surface area contributed by atoms with Gasteiger partial charge >= 0.3 is 17.9 Å². The fourth-order valence-electron chi connectivity index (χ4n) is 6.93. The molecule has 1 aliphatic carbocycles. The lowest BCUT2D eigenvalue weighted by Crippen LogP contribution is -3.00. The number of nitriles is 1. The van der Waals surface area contributed by atoms with Gasteiger partial charge in [-0.15, -0.1) is 0 Å². The van der Waals surface area contributed by atoms with E-state index in [2.05, 4.69) is 42.7 Å². The molecule has 0 radical (unpaired) electrons. The van der Waals surface area contributed by atoms with Crippen molar-refractivity contribution in [1.29, 1.82) is 5.26 Å². The summed E-state index contributed by atoms with van der Waals surface area (Å²) < 4.78 is 45.6. The summed E-state index contributed by atoms with van der Waals surface area (Å²) in [6, 6.07) is 24.7. The van der Waals surface area contributed by atoms with E-state index < -0.39 is 23.5 Å². The number of carbonyl (C=O) groups excluding carboxylic acids is 1. The van der Waals surface area contributed by atoms with Crippen molar-refractivity contribution in [2.45, 2.75) is 57.4 Å². The molecule has 1 fully saturated rings. The van der Waals surface area contributed by atoms with Crippen LogP contribution in [0.15, 0.2) is 95.9 Å². The zero-order valence-electron chi connectivity index (χ0n) is 27.9. The lowest BCUT2D eigenvalue weighted by Gasteiger charge is -2.42. The van der Waals surface area contributed by atoms with Gasteiger partial charge in [-0.05, 0) is 68.3 Å². The van der Waals surface area contributed by atoms with Gasteiger partial charge < -0.3 is 26.8 Å². The number of aromatic nitrogens is 4. The molecule has 1 N–H and O–H groups in total. The predicted molar refractivity (Wildman–Crippen MR) is 179 cm³/mol. The Morgan fingerprint density at radius 1 is 0.960 bits per heavy atom. The Balaban J connectivity index is 0.00000486. The van der Waals surface area contributed by atoms with Gasteiger partial charge in [0.15, 0.2) is 0 Å². The Morgan fingerprint density at radius 2 is 1.64 bits per heavy atom. The minimum atomic E-state index is -4.63. The maximum Gasteiger partial charge on any atom is 0.416 e. The third kappa shape index (κ3) is 7.32. The lowest BCUT2D eigenvalue weighted by molar-refractivity contribution is -0.929. The highest BCUT2D eigenvalue weighted by molar-refractivity contribution is 5.83. The number of halogens is 4. The fourth-order valence-corrected chi connectivity index (χ4v) is 6.93. The van der Waals surface area contributed by atoms with Crippen LogP contribution in [0.4, 0.5) is 18.0 Å². The summed E-state index contributed by atoms with van der Waals surface area (Å²) in [6.45, 7) is 2.48. The van der Waals surface area contributed by atoms with Crippen molar-refractivity contribution in [3.8, 4) is 28.8 Å². The summed E-state index contributed by atoms with van der Waals surface area (Å²) in [7, 11) is 4.44. The third-order valence-corrected chi connectivity index (χ3v) is 9.49. The van der Waals surface area contributed by atoms with Crippen molar-refractivity contribution in [1.82, 2.24) is 24.2 Å². The van der Waals surface area contributed by atoms with Crippen molar-refractivity contribution in [2.24, 2.45) is 0 Å². The first kappa shape index (κ1) is 36.4. The van der Waals surface area contributed by atoms with Gasteiger partial charge in [0, 0.05) is 24.4 Å². The van der Waals surface area contributed by atoms with Gasteiger partial charge in [0.05, 0.1) is 66.3 Å². The van der Waals surface area contributed by atoms with E-state index in [-0.39, 0.29) is 40.1 Å². The first-order chi connectivity index (χ1) is 23.4. The van der Waals surface area contributed by atoms with Gasteiger partial charge in [-0.3, -0.25) is 4.57 Å². The minimum Gasteiger partial charge on any atom is -1.00 e. The molecule has 9 nitrogen and oxygen atoms in total. The van der Waals surface area contributed by atoms with Crippen LogP contribution in [0.5, 0.6) is 0 Å². The number of imidazole rings is 1. The topological polar surface area (TPSA) is 97.6 Å². The van der Waals surface area contributed by atoms with Crippen molar-refractivity contribution < 1.29 is 39.4 Å². The number of rotatable bonds is 7. The van der Waals surface area contributed by atoms with Crippen LogP contribution < -0.4 is 28.0 Å². The summed E-state index contributed by atoms with van der Waals surface area (Å²) >= 11 is 0. The van der Waals surface area contributed by atoms with Crippen LogP contribution in [0.2, 0.25) is 0 Å². The molecule has 1 aliphatic rings. The fraction of sp³-hybridized carbons (Fsp3) is 0.297. The van der Waals surface area contributed by atoms with Crippen molar-refractivity contribution in [2.75, 3.05) is 14.1 Å². The molecule has 50 heavy (non-hydrogen) atoms. The van der Waals surface area contributed by atoms with Crippen LogP contribution in [-0.2, 0) is 12.7 Å². The number of hydrogen-bond donors (Lipinski definition) is 1. The maximum absolute atomic E-state index is 14.2. The summed E-state index contributed by atoms with van der Waals surface area (Å²) in [6.07, 6.45) is 0.0706. The Kier molecular flexibility index (Phi) is 10.5. The monoisotopic (exact) mass is 747 g/mol. The summed E-state index contributed by atoms with van der Waals surface area (Å²) in [4.78, 5) is 28.3. The highest BCUT2D eigenvalue weighted by Crippen LogP contribution is 2.33. The second kappa shape index (κ2) is 14.5. The number of quaternary nitrogens is 1. The average molecular weight is 749 g/mol. The number of hydrogen-bond acceptors (Lipinski definition) is 4. The van der Waals surface area contributed by atoms with Gasteiger partial charge in [-0.1, -0.05) is 36.4 Å². The standard InChI is InChI=1S/C37H36F3N7O2.BrH/c1-25-34(33-20-21-42-46(33)30-16-12-26(23-41)13-17-30)45(36(49)44(25)31-11-7-10-28(22-31)37(38,39)40)35(48)43-29-14-18-32(19-15-29)47(2,3)24-27-8-5-4-6-9-27;/h4-13,16-17,20-22,29,32H,14-15,18-19,24H2,1-3H3;1H. The molecule has 0 saturated heterocycles. The van der Waals surface area contributed by atoms with E-state index in [1.807, 2.05) is 18.2 Å². The number of amides is 1. The van der Waals surface area contributed by atoms with Gasteiger partial charge in [-0.2, -0.15) is 23.5 Å². The van der Waals surface area contributed by atoms with Crippen LogP contribution in [0, 0.1) is 18.3 Å². The second-order valence-corrected chi connectivity index (χ2v) is 13.1. The van der Waals surface area contributed by atoms with E-state index in [0.717, 1.165) is 45.1 Å². The van der Waals surface area contributed by atoms with Crippen LogP contribution in [0.25, 0.3) is 22.8 Å². The van der Waals surface area contributed by atoms with Gasteiger partial charge in [0.1, 0.15) is 12.2 Å². The summed E-state index contributed by atoms with van der Waals surface area (Å²) in [5.41, 5.74) is 1.37. The Labute approximate surface area is 298 Å². The molecule has 0 spiro atoms. The van der Waals surface area contributed by atoms with Crippen molar-refractivity contribution >= 4 is 6.03 Å². The van der Waals surface area contributed by atoms with Crippen LogP contribution in [0.3, 0.4) is 0 Å². The van der Waals surface area contributed by atoms with E-state index >= 15 is 0 Å². The van der Waals surface area contributed by atoms with E-state index in [1.54, 1.807) is 37.3 Å². The number of benzene rings is 3. The highest BCUT2D eigenvalue weighted by atomic mass is 79.9. The largest absolute Gasteiger partial charge is 1.00 e. The van der Waals surface area contributed by atoms with Crippen LogP contribution in [-0.4, -0.2) is 55.6 Å². The van der Waals surface area contributed by atoms with E-state index in [9.17, 15) is 28.0 Å². The molecule has 0 bridgehead atoms. The first-order valence-corrected chi connectivity index (χ1v) is 16.1. The Morgan fingerprint density at radius 3 is 2.28 bits per heavy atom. The molecule has 6 rings (SSSR count). The number of nitrogens with zero attached hydrogens (tertiary/aromatic N) is 6. The van der Waals surface area contributed by atoms with Gasteiger partial charge in [0.2, 0.25) is 0 Å². The van der Waals surface area contributed by atoms with Gasteiger partial charge in [0.25, 0.3) is 0 Å². The Bertz CT molecular complexity index is 2070. The number of nitrogens with one attached hydrogen (secondary N) is 1. The molecule has 3 aromatic carbocycles. The zero-order valence-corrected chi connectivity index (χ0v) is 29.4. The normalized spacial score (nSPS) is 16.3. The number of alkyl halides is 3. The molecule has 260 valence electrons.